The van der Waals surface area contributed by atoms with Gasteiger partial charge < -0.3 is 5.11 Å². The Morgan fingerprint density at radius 2 is 2.23 bits per heavy atom. The van der Waals surface area contributed by atoms with Crippen LogP contribution in [-0.2, 0) is 0 Å². The molecule has 1 rings (SSSR count). The Morgan fingerprint density at radius 3 is 2.85 bits per heavy atom. The van der Waals surface area contributed by atoms with Gasteiger partial charge in [0.05, 0.1) is 6.10 Å². The monoisotopic (exact) mass is 203 g/mol. The highest BCUT2D eigenvalue weighted by Crippen LogP contribution is 2.24. The van der Waals surface area contributed by atoms with Crippen LogP contribution >= 0.6 is 11.8 Å². The van der Waals surface area contributed by atoms with Crippen LogP contribution in [0.4, 0.5) is 0 Å². The summed E-state index contributed by atoms with van der Waals surface area (Å²) in [6.45, 7) is 8.68. The summed E-state index contributed by atoms with van der Waals surface area (Å²) in [5.41, 5.74) is 0. The lowest BCUT2D eigenvalue weighted by Gasteiger charge is -2.37. The molecule has 1 saturated heterocycles. The van der Waals surface area contributed by atoms with E-state index in [4.69, 9.17) is 0 Å². The van der Waals surface area contributed by atoms with Crippen molar-refractivity contribution < 1.29 is 5.11 Å². The molecule has 0 aromatic carbocycles. The van der Waals surface area contributed by atoms with E-state index in [1.807, 2.05) is 6.92 Å². The van der Waals surface area contributed by atoms with E-state index in [2.05, 4.69) is 30.5 Å². The van der Waals surface area contributed by atoms with Gasteiger partial charge >= 0.3 is 0 Å². The van der Waals surface area contributed by atoms with Crippen molar-refractivity contribution in [2.24, 2.45) is 0 Å². The molecule has 0 bridgehead atoms. The van der Waals surface area contributed by atoms with Crippen LogP contribution in [0, 0.1) is 0 Å². The maximum Gasteiger partial charge on any atom is 0.0524 e. The second kappa shape index (κ2) is 5.23. The van der Waals surface area contributed by atoms with Crippen molar-refractivity contribution in [3.63, 3.8) is 0 Å². The van der Waals surface area contributed by atoms with Crippen LogP contribution in [0.25, 0.3) is 0 Å². The zero-order valence-corrected chi connectivity index (χ0v) is 9.68. The molecule has 0 aromatic rings. The van der Waals surface area contributed by atoms with Gasteiger partial charge in [0, 0.05) is 30.1 Å². The molecule has 3 heteroatoms. The molecular weight excluding hydrogens is 182 g/mol. The van der Waals surface area contributed by atoms with Gasteiger partial charge in [0.25, 0.3) is 0 Å². The summed E-state index contributed by atoms with van der Waals surface area (Å²) in [6.07, 6.45) is 0.749. The number of nitrogens with zero attached hydrogens (tertiary/aromatic N) is 1. The molecule has 2 nitrogen and oxygen atoms in total. The summed E-state index contributed by atoms with van der Waals surface area (Å²) in [6, 6.07) is 0.664. The molecule has 1 aliphatic rings. The first-order chi connectivity index (χ1) is 6.11. The van der Waals surface area contributed by atoms with E-state index in [1.54, 1.807) is 0 Å². The molecule has 13 heavy (non-hydrogen) atoms. The third-order valence-electron chi connectivity index (χ3n) is 2.85. The molecule has 3 unspecified atom stereocenters. The topological polar surface area (TPSA) is 23.5 Å². The van der Waals surface area contributed by atoms with Crippen LogP contribution in [0.2, 0.25) is 0 Å². The molecule has 0 spiro atoms. The van der Waals surface area contributed by atoms with Crippen molar-refractivity contribution in [2.75, 3.05) is 18.8 Å². The van der Waals surface area contributed by atoms with Gasteiger partial charge in [0.15, 0.2) is 0 Å². The second-order valence-electron chi connectivity index (χ2n) is 3.99. The highest BCUT2D eigenvalue weighted by atomic mass is 32.2. The lowest BCUT2D eigenvalue weighted by atomic mass is 10.2. The number of rotatable bonds is 3. The maximum atomic E-state index is 9.20. The zero-order chi connectivity index (χ0) is 9.84. The van der Waals surface area contributed by atoms with Gasteiger partial charge in [-0.3, -0.25) is 4.90 Å². The predicted molar refractivity (Wildman–Crippen MR) is 59.3 cm³/mol. The summed E-state index contributed by atoms with van der Waals surface area (Å²) < 4.78 is 0. The van der Waals surface area contributed by atoms with Gasteiger partial charge in [0.2, 0.25) is 0 Å². The van der Waals surface area contributed by atoms with Crippen LogP contribution in [-0.4, -0.2) is 46.2 Å². The molecule has 1 fully saturated rings. The van der Waals surface area contributed by atoms with Crippen LogP contribution in [0.1, 0.15) is 27.2 Å². The first-order valence-corrected chi connectivity index (χ1v) is 6.20. The standard InChI is InChI=1S/C10H21NOS/c1-8(12)4-5-11-6-7-13-10(3)9(11)2/h8-10,12H,4-7H2,1-3H3. The summed E-state index contributed by atoms with van der Waals surface area (Å²) in [7, 11) is 0. The number of thioether (sulfide) groups is 1. The Morgan fingerprint density at radius 1 is 1.54 bits per heavy atom. The molecule has 1 heterocycles. The van der Waals surface area contributed by atoms with E-state index in [1.165, 1.54) is 12.3 Å². The van der Waals surface area contributed by atoms with Crippen LogP contribution in [0.15, 0.2) is 0 Å². The van der Waals surface area contributed by atoms with E-state index in [0.29, 0.717) is 6.04 Å². The fourth-order valence-electron chi connectivity index (χ4n) is 1.66. The average molecular weight is 203 g/mol. The minimum Gasteiger partial charge on any atom is -0.393 e. The lowest BCUT2D eigenvalue weighted by molar-refractivity contribution is 0.140. The van der Waals surface area contributed by atoms with Crippen LogP contribution in [0.5, 0.6) is 0 Å². The fraction of sp³-hybridized carbons (Fsp3) is 1.00. The van der Waals surface area contributed by atoms with Crippen molar-refractivity contribution in [3.8, 4) is 0 Å². The number of hydrogen-bond acceptors (Lipinski definition) is 3. The molecule has 0 saturated carbocycles. The van der Waals surface area contributed by atoms with Gasteiger partial charge in [-0.15, -0.1) is 0 Å². The minimum absolute atomic E-state index is 0.155. The summed E-state index contributed by atoms with van der Waals surface area (Å²) in [5, 5.41) is 9.94. The summed E-state index contributed by atoms with van der Waals surface area (Å²) in [4.78, 5) is 2.49. The van der Waals surface area contributed by atoms with Gasteiger partial charge in [-0.25, -0.2) is 0 Å². The SMILES string of the molecule is CC(O)CCN1CCSC(C)C1C. The Bertz CT molecular complexity index is 152. The molecule has 1 aliphatic heterocycles. The molecule has 78 valence electrons. The van der Waals surface area contributed by atoms with E-state index >= 15 is 0 Å². The van der Waals surface area contributed by atoms with Gasteiger partial charge in [-0.1, -0.05) is 6.92 Å². The Kier molecular flexibility index (Phi) is 4.56. The van der Waals surface area contributed by atoms with E-state index in [0.717, 1.165) is 18.2 Å². The number of aliphatic hydroxyl groups excluding tert-OH is 1. The first kappa shape index (κ1) is 11.3. The summed E-state index contributed by atoms with van der Waals surface area (Å²) in [5.74, 6) is 1.24. The maximum absolute atomic E-state index is 9.20. The van der Waals surface area contributed by atoms with Gasteiger partial charge in [-0.05, 0) is 20.3 Å². The molecule has 3 atom stereocenters. The zero-order valence-electron chi connectivity index (χ0n) is 8.86. The van der Waals surface area contributed by atoms with Crippen molar-refractivity contribution >= 4 is 11.8 Å². The van der Waals surface area contributed by atoms with Crippen molar-refractivity contribution in [2.45, 2.75) is 44.6 Å². The Hall–Kier alpha value is 0.270. The van der Waals surface area contributed by atoms with Crippen molar-refractivity contribution in [1.29, 1.82) is 0 Å². The number of hydrogen-bond donors (Lipinski definition) is 1. The molecule has 0 radical (unpaired) electrons. The van der Waals surface area contributed by atoms with Gasteiger partial charge in [-0.2, -0.15) is 11.8 Å². The van der Waals surface area contributed by atoms with Gasteiger partial charge in [0.1, 0.15) is 0 Å². The minimum atomic E-state index is -0.155. The summed E-state index contributed by atoms with van der Waals surface area (Å²) >= 11 is 2.06. The normalized spacial score (nSPS) is 33.2. The molecule has 0 aliphatic carbocycles. The molecular formula is C10H21NOS. The Balaban J connectivity index is 2.31. The fourth-order valence-corrected chi connectivity index (χ4v) is 2.83. The van der Waals surface area contributed by atoms with E-state index < -0.39 is 0 Å². The highest BCUT2D eigenvalue weighted by molar-refractivity contribution is 8.00. The lowest BCUT2D eigenvalue weighted by Crippen LogP contribution is -2.45. The highest BCUT2D eigenvalue weighted by Gasteiger charge is 2.24. The Labute approximate surface area is 85.7 Å². The smallest absolute Gasteiger partial charge is 0.0524 e. The molecule has 0 aromatic heterocycles. The predicted octanol–water partition coefficient (Wildman–Crippen LogP) is 1.58. The number of aliphatic hydroxyl groups is 1. The van der Waals surface area contributed by atoms with E-state index in [-0.39, 0.29) is 6.10 Å². The third kappa shape index (κ3) is 3.49. The van der Waals surface area contributed by atoms with Crippen molar-refractivity contribution in [3.05, 3.63) is 0 Å². The molecule has 1 N–H and O–H groups in total. The molecule has 0 amide bonds. The second-order valence-corrected chi connectivity index (χ2v) is 5.48. The van der Waals surface area contributed by atoms with Crippen LogP contribution in [0.3, 0.4) is 0 Å². The largest absolute Gasteiger partial charge is 0.393 e. The van der Waals surface area contributed by atoms with Crippen LogP contribution < -0.4 is 0 Å². The van der Waals surface area contributed by atoms with Crippen molar-refractivity contribution in [1.82, 2.24) is 4.90 Å². The quantitative estimate of drug-likeness (QED) is 0.753. The third-order valence-corrected chi connectivity index (χ3v) is 4.19. The first-order valence-electron chi connectivity index (χ1n) is 5.15. The average Bonchev–Trinajstić information content (AvgIpc) is 2.07. The van der Waals surface area contributed by atoms with E-state index in [9.17, 15) is 5.11 Å².